The monoisotopic (exact) mass is 217 g/mol. The van der Waals surface area contributed by atoms with E-state index in [0.717, 1.165) is 24.1 Å². The molecule has 0 saturated heterocycles. The van der Waals surface area contributed by atoms with Gasteiger partial charge in [-0.15, -0.1) is 0 Å². The lowest BCUT2D eigenvalue weighted by Gasteiger charge is -2.21. The van der Waals surface area contributed by atoms with E-state index >= 15 is 0 Å². The van der Waals surface area contributed by atoms with Crippen molar-refractivity contribution >= 4 is 18.1 Å². The molecule has 16 heavy (non-hydrogen) atoms. The van der Waals surface area contributed by atoms with Gasteiger partial charge in [-0.05, 0) is 13.8 Å². The van der Waals surface area contributed by atoms with Gasteiger partial charge in [0.25, 0.3) is 5.91 Å². The van der Waals surface area contributed by atoms with Gasteiger partial charge in [0.05, 0.1) is 0 Å². The fraction of sp³-hybridized carbons (Fsp3) is 0.462. The van der Waals surface area contributed by atoms with Crippen molar-refractivity contribution in [3.63, 3.8) is 0 Å². The number of hydrogen-bond donors (Lipinski definition) is 0. The van der Waals surface area contributed by atoms with Crippen molar-refractivity contribution in [1.82, 2.24) is 4.90 Å². The summed E-state index contributed by atoms with van der Waals surface area (Å²) in [6.45, 7) is 10.2. The Balaban J connectivity index is 3.07. The van der Waals surface area contributed by atoms with E-state index in [9.17, 15) is 4.79 Å². The Kier molecular flexibility index (Phi) is 4.60. The van der Waals surface area contributed by atoms with E-state index in [1.807, 2.05) is 43.0 Å². The number of nitrogens with zero attached hydrogens (tertiary/aromatic N) is 1. The standard InChI is InChI=1S/C13H20BNO/c1-5-15(6-2)13(16)11-9-7-8-10-12(11)14(3)4/h7-10H,5-6H2,1-4H3. The SMILES string of the molecule is CCN(CC)C(=O)c1ccccc1B(C)C. The maximum absolute atomic E-state index is 12.3. The highest BCUT2D eigenvalue weighted by atomic mass is 16.2. The van der Waals surface area contributed by atoms with Crippen molar-refractivity contribution in [3.05, 3.63) is 29.8 Å². The third-order valence-electron chi connectivity index (χ3n) is 2.86. The molecule has 86 valence electrons. The van der Waals surface area contributed by atoms with Crippen molar-refractivity contribution in [2.24, 2.45) is 0 Å². The highest BCUT2D eigenvalue weighted by Crippen LogP contribution is 2.04. The van der Waals surface area contributed by atoms with Gasteiger partial charge in [0, 0.05) is 18.7 Å². The van der Waals surface area contributed by atoms with Gasteiger partial charge in [-0.2, -0.15) is 0 Å². The van der Waals surface area contributed by atoms with Crippen LogP contribution in [0.15, 0.2) is 24.3 Å². The average Bonchev–Trinajstić information content (AvgIpc) is 2.30. The predicted octanol–water partition coefficient (Wildman–Crippen LogP) is 2.13. The van der Waals surface area contributed by atoms with Crippen LogP contribution in [-0.4, -0.2) is 30.6 Å². The van der Waals surface area contributed by atoms with E-state index in [1.54, 1.807) is 0 Å². The van der Waals surface area contributed by atoms with Crippen molar-refractivity contribution in [3.8, 4) is 0 Å². The Bertz CT molecular complexity index is 359. The maximum Gasteiger partial charge on any atom is 0.253 e. The zero-order valence-electron chi connectivity index (χ0n) is 10.7. The average molecular weight is 217 g/mol. The van der Waals surface area contributed by atoms with Crippen molar-refractivity contribution < 1.29 is 4.79 Å². The predicted molar refractivity (Wildman–Crippen MR) is 70.8 cm³/mol. The maximum atomic E-state index is 12.3. The Morgan fingerprint density at radius 2 is 1.75 bits per heavy atom. The number of hydrogen-bond acceptors (Lipinski definition) is 1. The first-order valence-electron chi connectivity index (χ1n) is 6.00. The van der Waals surface area contributed by atoms with Crippen molar-refractivity contribution in [2.75, 3.05) is 13.1 Å². The third-order valence-corrected chi connectivity index (χ3v) is 2.86. The number of amides is 1. The van der Waals surface area contributed by atoms with Crippen molar-refractivity contribution in [1.29, 1.82) is 0 Å². The summed E-state index contributed by atoms with van der Waals surface area (Å²) < 4.78 is 0. The van der Waals surface area contributed by atoms with Gasteiger partial charge in [-0.25, -0.2) is 0 Å². The molecule has 1 aromatic rings. The molecule has 0 fully saturated rings. The first-order valence-corrected chi connectivity index (χ1v) is 6.00. The lowest BCUT2D eigenvalue weighted by Crippen LogP contribution is -2.37. The second-order valence-corrected chi connectivity index (χ2v) is 4.22. The molecule has 0 aliphatic carbocycles. The number of rotatable bonds is 4. The molecule has 0 spiro atoms. The van der Waals surface area contributed by atoms with Gasteiger partial charge in [0.15, 0.2) is 6.71 Å². The summed E-state index contributed by atoms with van der Waals surface area (Å²) in [7, 11) is 0. The van der Waals surface area contributed by atoms with Crippen LogP contribution in [0.4, 0.5) is 0 Å². The molecule has 1 amide bonds. The lowest BCUT2D eigenvalue weighted by atomic mass is 9.48. The highest BCUT2D eigenvalue weighted by Gasteiger charge is 2.17. The molecule has 0 heterocycles. The van der Waals surface area contributed by atoms with E-state index in [1.165, 1.54) is 0 Å². The summed E-state index contributed by atoms with van der Waals surface area (Å²) in [6.07, 6.45) is 0. The van der Waals surface area contributed by atoms with Crippen LogP contribution in [-0.2, 0) is 0 Å². The van der Waals surface area contributed by atoms with Gasteiger partial charge < -0.3 is 4.90 Å². The number of carbonyl (C=O) groups is 1. The van der Waals surface area contributed by atoms with Crippen LogP contribution in [0.2, 0.25) is 13.6 Å². The van der Waals surface area contributed by atoms with Crippen molar-refractivity contribution in [2.45, 2.75) is 27.5 Å². The minimum absolute atomic E-state index is 0.147. The molecule has 3 heteroatoms. The molecule has 0 radical (unpaired) electrons. The molecule has 0 atom stereocenters. The normalized spacial score (nSPS) is 10.0. The zero-order chi connectivity index (χ0) is 12.1. The van der Waals surface area contributed by atoms with Crippen LogP contribution in [0.1, 0.15) is 24.2 Å². The Labute approximate surface area is 98.7 Å². The van der Waals surface area contributed by atoms with Gasteiger partial charge in [0.1, 0.15) is 0 Å². The van der Waals surface area contributed by atoms with E-state index in [2.05, 4.69) is 13.6 Å². The van der Waals surface area contributed by atoms with E-state index < -0.39 is 0 Å². The quantitative estimate of drug-likeness (QED) is 0.707. The molecular weight excluding hydrogens is 197 g/mol. The Hall–Kier alpha value is -1.25. The first-order chi connectivity index (χ1) is 7.61. The molecule has 0 saturated carbocycles. The van der Waals surface area contributed by atoms with E-state index in [0.29, 0.717) is 6.71 Å². The summed E-state index contributed by atoms with van der Waals surface area (Å²) in [6, 6.07) is 7.90. The van der Waals surface area contributed by atoms with E-state index in [4.69, 9.17) is 0 Å². The van der Waals surface area contributed by atoms with Crippen LogP contribution >= 0.6 is 0 Å². The summed E-state index contributed by atoms with van der Waals surface area (Å²) >= 11 is 0. The largest absolute Gasteiger partial charge is 0.339 e. The van der Waals surface area contributed by atoms with Crippen LogP contribution in [0.3, 0.4) is 0 Å². The van der Waals surface area contributed by atoms with Gasteiger partial charge in [-0.1, -0.05) is 43.4 Å². The van der Waals surface area contributed by atoms with Crippen LogP contribution in [0.25, 0.3) is 0 Å². The summed E-state index contributed by atoms with van der Waals surface area (Å²) in [4.78, 5) is 14.1. The Morgan fingerprint density at radius 3 is 2.25 bits per heavy atom. The topological polar surface area (TPSA) is 20.3 Å². The van der Waals surface area contributed by atoms with Gasteiger partial charge in [0.2, 0.25) is 0 Å². The molecule has 1 aromatic carbocycles. The minimum atomic E-state index is 0.147. The highest BCUT2D eigenvalue weighted by molar-refractivity contribution is 6.72. The molecule has 0 aromatic heterocycles. The molecule has 0 aliphatic rings. The molecule has 2 nitrogen and oxygen atoms in total. The molecule has 0 unspecified atom stereocenters. The van der Waals surface area contributed by atoms with Crippen LogP contribution < -0.4 is 5.46 Å². The minimum Gasteiger partial charge on any atom is -0.339 e. The smallest absolute Gasteiger partial charge is 0.253 e. The summed E-state index contributed by atoms with van der Waals surface area (Å²) in [5, 5.41) is 0. The number of carbonyl (C=O) groups excluding carboxylic acids is 1. The fourth-order valence-corrected chi connectivity index (χ4v) is 1.88. The fourth-order valence-electron chi connectivity index (χ4n) is 1.88. The molecule has 0 bridgehead atoms. The summed E-state index contributed by atoms with van der Waals surface area (Å²) in [5.41, 5.74) is 1.99. The second kappa shape index (κ2) is 5.73. The summed E-state index contributed by atoms with van der Waals surface area (Å²) in [5.74, 6) is 0.147. The lowest BCUT2D eigenvalue weighted by molar-refractivity contribution is 0.0774. The molecule has 0 N–H and O–H groups in total. The van der Waals surface area contributed by atoms with Gasteiger partial charge in [-0.3, -0.25) is 4.79 Å². The Morgan fingerprint density at radius 1 is 1.19 bits per heavy atom. The van der Waals surface area contributed by atoms with Gasteiger partial charge >= 0.3 is 0 Å². The molecule has 1 rings (SSSR count). The zero-order valence-corrected chi connectivity index (χ0v) is 10.7. The van der Waals surface area contributed by atoms with Crippen LogP contribution in [0.5, 0.6) is 0 Å². The van der Waals surface area contributed by atoms with E-state index in [-0.39, 0.29) is 5.91 Å². The second-order valence-electron chi connectivity index (χ2n) is 4.22. The molecule has 0 aliphatic heterocycles. The van der Waals surface area contributed by atoms with Crippen LogP contribution in [0, 0.1) is 0 Å². The first kappa shape index (κ1) is 12.8. The third kappa shape index (κ3) is 2.66. The molecular formula is C13H20BNO. The number of benzene rings is 1.